The molecule has 216 valence electrons. The molecular weight excluding hydrogens is 506 g/mol. The van der Waals surface area contributed by atoms with Gasteiger partial charge in [-0.3, -0.25) is 24.1 Å². The quantitative estimate of drug-likeness (QED) is 0.337. The standard InChI is InChI=1S/C28H41N3O8/c1-3-9-31(39-12-4-2)25(34)16-30-15-21(19-13-20(17-32)27-23(14-19)37-18-38-27)26(28(35)36)22(30)7-5-10-29-11-6-8-24(29)33/h13-14,21-22,26,32H,3-12,15-18H2,1-2H3,(H,35,36)/t21-,22+,26-/m1/s1. The third kappa shape index (κ3) is 6.64. The van der Waals surface area contributed by atoms with Gasteiger partial charge in [0.25, 0.3) is 5.91 Å². The van der Waals surface area contributed by atoms with Gasteiger partial charge in [-0.2, -0.15) is 0 Å². The van der Waals surface area contributed by atoms with E-state index in [2.05, 4.69) is 0 Å². The Labute approximate surface area is 229 Å². The van der Waals surface area contributed by atoms with Crippen molar-refractivity contribution in [3.8, 4) is 11.5 Å². The first kappa shape index (κ1) is 29.1. The van der Waals surface area contributed by atoms with E-state index in [1.54, 1.807) is 12.1 Å². The fraction of sp³-hybridized carbons (Fsp3) is 0.679. The van der Waals surface area contributed by atoms with Gasteiger partial charge in [0.1, 0.15) is 0 Å². The Morgan fingerprint density at radius 3 is 2.69 bits per heavy atom. The summed E-state index contributed by atoms with van der Waals surface area (Å²) in [5.74, 6) is -1.24. The van der Waals surface area contributed by atoms with Crippen molar-refractivity contribution in [2.24, 2.45) is 5.92 Å². The van der Waals surface area contributed by atoms with Crippen LogP contribution in [-0.2, 0) is 25.8 Å². The highest BCUT2D eigenvalue weighted by Gasteiger charge is 2.47. The molecule has 0 radical (unpaired) electrons. The molecule has 3 atom stereocenters. The molecule has 0 bridgehead atoms. The highest BCUT2D eigenvalue weighted by molar-refractivity contribution is 5.79. The molecule has 4 rings (SSSR count). The SMILES string of the molecule is CCCON(CCC)C(=O)CN1C[C@H](c2cc(CO)c3c(c2)OCO3)[C@@H](C(=O)O)[C@@H]1CCCN1CCCC1=O. The average molecular weight is 548 g/mol. The Kier molecular flexibility index (Phi) is 10.0. The molecule has 3 aliphatic heterocycles. The van der Waals surface area contributed by atoms with Gasteiger partial charge in [-0.25, -0.2) is 5.06 Å². The number of rotatable bonds is 14. The summed E-state index contributed by atoms with van der Waals surface area (Å²) in [6.07, 6.45) is 4.11. The Morgan fingerprint density at radius 2 is 2.03 bits per heavy atom. The van der Waals surface area contributed by atoms with Gasteiger partial charge in [-0.1, -0.05) is 13.8 Å². The number of nitrogens with zero attached hydrogens (tertiary/aromatic N) is 3. The summed E-state index contributed by atoms with van der Waals surface area (Å²) in [5, 5.41) is 21.8. The number of aliphatic hydroxyl groups excluding tert-OH is 1. The summed E-state index contributed by atoms with van der Waals surface area (Å²) in [4.78, 5) is 47.7. The minimum atomic E-state index is -0.937. The summed E-state index contributed by atoms with van der Waals surface area (Å²) in [6, 6.07) is 3.17. The van der Waals surface area contributed by atoms with Crippen molar-refractivity contribution in [1.82, 2.24) is 14.9 Å². The molecule has 0 unspecified atom stereocenters. The zero-order valence-electron chi connectivity index (χ0n) is 23.0. The molecule has 0 saturated carbocycles. The molecular formula is C28H41N3O8. The number of amides is 2. The molecule has 2 saturated heterocycles. The highest BCUT2D eigenvalue weighted by Crippen LogP contribution is 2.44. The average Bonchev–Trinajstić information content (AvgIpc) is 3.65. The zero-order valence-corrected chi connectivity index (χ0v) is 23.0. The maximum atomic E-state index is 13.3. The summed E-state index contributed by atoms with van der Waals surface area (Å²) >= 11 is 0. The first-order valence-corrected chi connectivity index (χ1v) is 14.1. The molecule has 0 aliphatic carbocycles. The molecule has 2 fully saturated rings. The molecule has 11 heteroatoms. The van der Waals surface area contributed by atoms with Crippen molar-refractivity contribution in [2.45, 2.75) is 70.9 Å². The number of hydroxylamine groups is 2. The molecule has 3 aliphatic rings. The molecule has 0 aromatic heterocycles. The van der Waals surface area contributed by atoms with Crippen LogP contribution < -0.4 is 9.47 Å². The number of hydrogen-bond acceptors (Lipinski definition) is 8. The lowest BCUT2D eigenvalue weighted by Crippen LogP contribution is -2.44. The third-order valence-corrected chi connectivity index (χ3v) is 7.80. The number of ether oxygens (including phenoxy) is 2. The number of carboxylic acid groups (broad SMARTS) is 1. The van der Waals surface area contributed by atoms with Gasteiger partial charge >= 0.3 is 5.97 Å². The summed E-state index contributed by atoms with van der Waals surface area (Å²) < 4.78 is 11.1. The topological polar surface area (TPSA) is 129 Å². The van der Waals surface area contributed by atoms with E-state index in [0.717, 1.165) is 31.4 Å². The predicted octanol–water partition coefficient (Wildman–Crippen LogP) is 2.36. The van der Waals surface area contributed by atoms with Crippen molar-refractivity contribution in [2.75, 3.05) is 46.1 Å². The molecule has 39 heavy (non-hydrogen) atoms. The number of hydrogen-bond donors (Lipinski definition) is 2. The number of fused-ring (bicyclic) bond motifs is 1. The van der Waals surface area contributed by atoms with Crippen LogP contribution in [0.2, 0.25) is 0 Å². The van der Waals surface area contributed by atoms with Crippen molar-refractivity contribution < 1.29 is 38.9 Å². The lowest BCUT2D eigenvalue weighted by Gasteiger charge is -2.29. The lowest BCUT2D eigenvalue weighted by atomic mass is 9.83. The summed E-state index contributed by atoms with van der Waals surface area (Å²) in [7, 11) is 0. The van der Waals surface area contributed by atoms with E-state index in [1.807, 2.05) is 23.6 Å². The molecule has 1 aromatic rings. The van der Waals surface area contributed by atoms with E-state index in [4.69, 9.17) is 14.3 Å². The molecule has 2 N–H and O–H groups in total. The number of benzene rings is 1. The van der Waals surface area contributed by atoms with E-state index in [1.165, 1.54) is 5.06 Å². The first-order chi connectivity index (χ1) is 18.9. The van der Waals surface area contributed by atoms with Gasteiger partial charge in [0.2, 0.25) is 12.7 Å². The molecule has 11 nitrogen and oxygen atoms in total. The molecule has 2 amide bonds. The van der Waals surface area contributed by atoms with E-state index in [-0.39, 0.29) is 31.8 Å². The third-order valence-electron chi connectivity index (χ3n) is 7.80. The van der Waals surface area contributed by atoms with Crippen LogP contribution >= 0.6 is 0 Å². The van der Waals surface area contributed by atoms with Gasteiger partial charge in [-0.05, 0) is 49.8 Å². The smallest absolute Gasteiger partial charge is 0.308 e. The van der Waals surface area contributed by atoms with E-state index in [0.29, 0.717) is 62.6 Å². The normalized spacial score (nSPS) is 22.6. The van der Waals surface area contributed by atoms with Crippen LogP contribution in [0.4, 0.5) is 0 Å². The number of aliphatic hydroxyl groups is 1. The largest absolute Gasteiger partial charge is 0.481 e. The first-order valence-electron chi connectivity index (χ1n) is 14.1. The lowest BCUT2D eigenvalue weighted by molar-refractivity contribution is -0.188. The minimum absolute atomic E-state index is 0.0364. The number of carboxylic acids is 1. The maximum Gasteiger partial charge on any atom is 0.308 e. The van der Waals surface area contributed by atoms with Crippen molar-refractivity contribution in [1.29, 1.82) is 0 Å². The van der Waals surface area contributed by atoms with Gasteiger partial charge in [0.15, 0.2) is 11.5 Å². The van der Waals surface area contributed by atoms with Crippen LogP contribution in [0.5, 0.6) is 11.5 Å². The Balaban J connectivity index is 1.59. The van der Waals surface area contributed by atoms with Crippen LogP contribution in [0.25, 0.3) is 0 Å². The van der Waals surface area contributed by atoms with E-state index < -0.39 is 23.8 Å². The van der Waals surface area contributed by atoms with Crippen LogP contribution in [0.15, 0.2) is 12.1 Å². The van der Waals surface area contributed by atoms with E-state index >= 15 is 0 Å². The maximum absolute atomic E-state index is 13.3. The van der Waals surface area contributed by atoms with Crippen LogP contribution in [0, 0.1) is 5.92 Å². The second-order valence-electron chi connectivity index (χ2n) is 10.5. The van der Waals surface area contributed by atoms with Crippen LogP contribution in [-0.4, -0.2) is 95.0 Å². The predicted molar refractivity (Wildman–Crippen MR) is 141 cm³/mol. The van der Waals surface area contributed by atoms with Gasteiger partial charge < -0.3 is 24.6 Å². The zero-order chi connectivity index (χ0) is 27.9. The Morgan fingerprint density at radius 1 is 1.21 bits per heavy atom. The number of likely N-dealkylation sites (tertiary alicyclic amines) is 2. The van der Waals surface area contributed by atoms with Crippen molar-refractivity contribution in [3.63, 3.8) is 0 Å². The fourth-order valence-corrected chi connectivity index (χ4v) is 5.98. The van der Waals surface area contributed by atoms with Crippen molar-refractivity contribution >= 4 is 17.8 Å². The van der Waals surface area contributed by atoms with Gasteiger partial charge in [0, 0.05) is 50.1 Å². The molecule has 3 heterocycles. The van der Waals surface area contributed by atoms with Crippen LogP contribution in [0.1, 0.15) is 69.4 Å². The summed E-state index contributed by atoms with van der Waals surface area (Å²) in [5.41, 5.74) is 1.28. The number of aliphatic carboxylic acids is 1. The second kappa shape index (κ2) is 13.5. The van der Waals surface area contributed by atoms with Gasteiger partial charge in [0.05, 0.1) is 25.7 Å². The Bertz CT molecular complexity index is 1030. The number of carbonyl (C=O) groups excluding carboxylic acids is 2. The second-order valence-corrected chi connectivity index (χ2v) is 10.5. The van der Waals surface area contributed by atoms with E-state index in [9.17, 15) is 24.6 Å². The minimum Gasteiger partial charge on any atom is -0.481 e. The Hall–Kier alpha value is -2.89. The fourth-order valence-electron chi connectivity index (χ4n) is 5.98. The van der Waals surface area contributed by atoms with Crippen molar-refractivity contribution in [3.05, 3.63) is 23.3 Å². The monoisotopic (exact) mass is 547 g/mol. The summed E-state index contributed by atoms with van der Waals surface area (Å²) in [6.45, 7) is 6.33. The highest BCUT2D eigenvalue weighted by atomic mass is 16.7. The number of carbonyl (C=O) groups is 3. The van der Waals surface area contributed by atoms with Crippen LogP contribution in [0.3, 0.4) is 0 Å². The van der Waals surface area contributed by atoms with Gasteiger partial charge in [-0.15, -0.1) is 0 Å². The molecule has 1 aromatic carbocycles. The molecule has 0 spiro atoms.